The number of rotatable bonds is 9. The Bertz CT molecular complexity index is 704. The Balaban J connectivity index is 1.94. The number of carbonyl (C=O) groups excluding carboxylic acids is 1. The summed E-state index contributed by atoms with van der Waals surface area (Å²) in [6.07, 6.45) is 2.59. The first-order chi connectivity index (χ1) is 12.6. The predicted octanol–water partition coefficient (Wildman–Crippen LogP) is 4.12. The van der Waals surface area contributed by atoms with E-state index in [2.05, 4.69) is 22.5 Å². The van der Waals surface area contributed by atoms with Crippen LogP contribution in [0.25, 0.3) is 0 Å². The molecule has 0 saturated heterocycles. The van der Waals surface area contributed by atoms with Gasteiger partial charge in [0.05, 0.1) is 12.7 Å². The minimum Gasteiger partial charge on any atom is -0.473 e. The van der Waals surface area contributed by atoms with Crippen LogP contribution in [0, 0.1) is 0 Å². The van der Waals surface area contributed by atoms with Gasteiger partial charge in [-0.1, -0.05) is 31.2 Å². The molecular formula is C20H27N3O3. The van der Waals surface area contributed by atoms with Crippen LogP contribution in [-0.4, -0.2) is 23.7 Å². The van der Waals surface area contributed by atoms with Crippen molar-refractivity contribution >= 4 is 11.7 Å². The largest absolute Gasteiger partial charge is 0.473 e. The molecule has 140 valence electrons. The van der Waals surface area contributed by atoms with E-state index < -0.39 is 0 Å². The number of benzene rings is 1. The molecule has 0 bridgehead atoms. The number of carbonyl (C=O) groups is 1. The highest BCUT2D eigenvalue weighted by Gasteiger charge is 2.10. The average Bonchev–Trinajstić information content (AvgIpc) is 2.62. The van der Waals surface area contributed by atoms with Gasteiger partial charge in [-0.25, -0.2) is 9.78 Å². The summed E-state index contributed by atoms with van der Waals surface area (Å²) in [7, 11) is 0. The Kier molecular flexibility index (Phi) is 7.89. The third kappa shape index (κ3) is 6.37. The molecule has 2 N–H and O–H groups in total. The molecule has 1 heterocycles. The number of aromatic nitrogens is 1. The molecular weight excluding hydrogens is 330 g/mol. The molecule has 0 unspecified atom stereocenters. The van der Waals surface area contributed by atoms with Crippen LogP contribution in [0.2, 0.25) is 0 Å². The first kappa shape index (κ1) is 19.7. The van der Waals surface area contributed by atoms with Crippen molar-refractivity contribution in [2.24, 2.45) is 0 Å². The first-order valence-corrected chi connectivity index (χ1v) is 8.91. The number of nitrogens with zero attached hydrogens (tertiary/aromatic N) is 1. The van der Waals surface area contributed by atoms with E-state index in [1.54, 1.807) is 18.3 Å². The van der Waals surface area contributed by atoms with Gasteiger partial charge in [0.25, 0.3) is 0 Å². The molecule has 0 fully saturated rings. The lowest BCUT2D eigenvalue weighted by atomic mass is 10.1. The molecule has 2 aromatic rings. The Morgan fingerprint density at radius 2 is 1.92 bits per heavy atom. The van der Waals surface area contributed by atoms with E-state index in [1.165, 1.54) is 0 Å². The summed E-state index contributed by atoms with van der Waals surface area (Å²) in [4.78, 5) is 16.4. The highest BCUT2D eigenvalue weighted by molar-refractivity contribution is 5.90. The average molecular weight is 357 g/mol. The molecule has 0 aliphatic rings. The van der Waals surface area contributed by atoms with Crippen molar-refractivity contribution in [2.45, 2.75) is 46.4 Å². The zero-order chi connectivity index (χ0) is 18.8. The van der Waals surface area contributed by atoms with Crippen molar-refractivity contribution in [3.63, 3.8) is 0 Å². The van der Waals surface area contributed by atoms with Gasteiger partial charge in [0, 0.05) is 19.3 Å². The maximum atomic E-state index is 12.3. The monoisotopic (exact) mass is 357 g/mol. The van der Waals surface area contributed by atoms with Crippen molar-refractivity contribution in [1.82, 2.24) is 10.3 Å². The number of ether oxygens (including phenoxy) is 2. The topological polar surface area (TPSA) is 72.5 Å². The molecule has 2 amide bonds. The minimum atomic E-state index is -0.309. The number of amides is 2. The smallest absolute Gasteiger partial charge is 0.319 e. The van der Waals surface area contributed by atoms with Crippen molar-refractivity contribution in [3.8, 4) is 5.88 Å². The van der Waals surface area contributed by atoms with Gasteiger partial charge in [-0.05, 0) is 43.5 Å². The lowest BCUT2D eigenvalue weighted by Crippen LogP contribution is -2.29. The molecule has 0 saturated carbocycles. The van der Waals surface area contributed by atoms with E-state index in [-0.39, 0.29) is 12.1 Å². The maximum Gasteiger partial charge on any atom is 0.319 e. The highest BCUT2D eigenvalue weighted by Crippen LogP contribution is 2.21. The zero-order valence-electron chi connectivity index (χ0n) is 15.6. The Hall–Kier alpha value is -2.60. The molecule has 6 nitrogen and oxygen atoms in total. The molecule has 0 aliphatic heterocycles. The summed E-state index contributed by atoms with van der Waals surface area (Å²) in [6.45, 7) is 7.59. The summed E-state index contributed by atoms with van der Waals surface area (Å²) < 4.78 is 11.2. The van der Waals surface area contributed by atoms with Gasteiger partial charge in [0.2, 0.25) is 5.88 Å². The maximum absolute atomic E-state index is 12.3. The molecule has 0 spiro atoms. The van der Waals surface area contributed by atoms with Crippen LogP contribution in [0.15, 0.2) is 42.6 Å². The second kappa shape index (κ2) is 10.4. The molecule has 1 aromatic carbocycles. The second-order valence-corrected chi connectivity index (χ2v) is 6.15. The predicted molar refractivity (Wildman–Crippen MR) is 102 cm³/mol. The van der Waals surface area contributed by atoms with Crippen molar-refractivity contribution in [2.75, 3.05) is 11.9 Å². The lowest BCUT2D eigenvalue weighted by Gasteiger charge is -2.14. The van der Waals surface area contributed by atoms with Crippen molar-refractivity contribution in [1.29, 1.82) is 0 Å². The van der Waals surface area contributed by atoms with Gasteiger partial charge in [-0.2, -0.15) is 0 Å². The number of urea groups is 1. The summed E-state index contributed by atoms with van der Waals surface area (Å²) in [5.41, 5.74) is 2.65. The van der Waals surface area contributed by atoms with Gasteiger partial charge in [0.1, 0.15) is 5.69 Å². The number of pyridine rings is 1. The van der Waals surface area contributed by atoms with Gasteiger partial charge >= 0.3 is 6.03 Å². The summed E-state index contributed by atoms with van der Waals surface area (Å²) in [5, 5.41) is 5.66. The molecule has 1 aromatic heterocycles. The van der Waals surface area contributed by atoms with Crippen LogP contribution < -0.4 is 15.4 Å². The van der Waals surface area contributed by atoms with Gasteiger partial charge in [-0.15, -0.1) is 0 Å². The molecule has 6 heteroatoms. The van der Waals surface area contributed by atoms with E-state index in [0.717, 1.165) is 24.2 Å². The van der Waals surface area contributed by atoms with Crippen LogP contribution in [0.5, 0.6) is 5.88 Å². The van der Waals surface area contributed by atoms with Gasteiger partial charge < -0.3 is 20.1 Å². The normalized spacial score (nSPS) is 10.6. The van der Waals surface area contributed by atoms with Crippen molar-refractivity contribution < 1.29 is 14.3 Å². The molecule has 0 atom stereocenters. The van der Waals surface area contributed by atoms with E-state index in [1.807, 2.05) is 38.1 Å². The summed E-state index contributed by atoms with van der Waals surface area (Å²) in [5.74, 6) is 0.408. The van der Waals surface area contributed by atoms with Crippen LogP contribution in [0.4, 0.5) is 10.5 Å². The van der Waals surface area contributed by atoms with Gasteiger partial charge in [0.15, 0.2) is 0 Å². The first-order valence-electron chi connectivity index (χ1n) is 8.91. The number of hydrogen-bond donors (Lipinski definition) is 2. The number of nitrogens with one attached hydrogen (secondary N) is 2. The third-order valence-corrected chi connectivity index (χ3v) is 3.53. The SMILES string of the molecule is CCCOCc1ccccc1CNC(=O)Nc1cccnc1OC(C)C. The molecule has 26 heavy (non-hydrogen) atoms. The Morgan fingerprint density at radius 1 is 1.15 bits per heavy atom. The number of hydrogen-bond acceptors (Lipinski definition) is 4. The quantitative estimate of drug-likeness (QED) is 0.662. The molecule has 2 rings (SSSR count). The van der Waals surface area contributed by atoms with E-state index >= 15 is 0 Å². The van der Waals surface area contributed by atoms with E-state index in [0.29, 0.717) is 24.7 Å². The van der Waals surface area contributed by atoms with Crippen LogP contribution in [-0.2, 0) is 17.9 Å². The fourth-order valence-corrected chi connectivity index (χ4v) is 2.34. The van der Waals surface area contributed by atoms with E-state index in [4.69, 9.17) is 9.47 Å². The summed E-state index contributed by atoms with van der Waals surface area (Å²) in [6, 6.07) is 11.1. The minimum absolute atomic E-state index is 0.0245. The third-order valence-electron chi connectivity index (χ3n) is 3.53. The van der Waals surface area contributed by atoms with Crippen LogP contribution in [0.3, 0.4) is 0 Å². The fourth-order valence-electron chi connectivity index (χ4n) is 2.34. The number of anilines is 1. The van der Waals surface area contributed by atoms with Gasteiger partial charge in [-0.3, -0.25) is 0 Å². The van der Waals surface area contributed by atoms with Crippen LogP contribution >= 0.6 is 0 Å². The second-order valence-electron chi connectivity index (χ2n) is 6.15. The fraction of sp³-hybridized carbons (Fsp3) is 0.400. The van der Waals surface area contributed by atoms with Crippen LogP contribution in [0.1, 0.15) is 38.3 Å². The van der Waals surface area contributed by atoms with Crippen molar-refractivity contribution in [3.05, 3.63) is 53.7 Å². The van der Waals surface area contributed by atoms with E-state index in [9.17, 15) is 4.79 Å². The lowest BCUT2D eigenvalue weighted by molar-refractivity contribution is 0.121. The molecule has 0 aliphatic carbocycles. The molecule has 0 radical (unpaired) electrons. The summed E-state index contributed by atoms with van der Waals surface area (Å²) >= 11 is 0. The standard InChI is InChI=1S/C20H27N3O3/c1-4-12-25-14-17-9-6-5-8-16(17)13-22-20(24)23-18-10-7-11-21-19(18)26-15(2)3/h5-11,15H,4,12-14H2,1-3H3,(H2,22,23,24). The highest BCUT2D eigenvalue weighted by atomic mass is 16.5. The Morgan fingerprint density at radius 3 is 2.65 bits per heavy atom. The zero-order valence-corrected chi connectivity index (χ0v) is 15.6. The Labute approximate surface area is 154 Å².